The minimum atomic E-state index is -4.08. The first-order chi connectivity index (χ1) is 14.0. The number of benzene rings is 3. The molecule has 1 aliphatic rings. The van der Waals surface area contributed by atoms with Gasteiger partial charge < -0.3 is 0 Å². The van der Waals surface area contributed by atoms with E-state index >= 15 is 0 Å². The summed E-state index contributed by atoms with van der Waals surface area (Å²) in [4.78, 5) is 17.8. The molecule has 5 nitrogen and oxygen atoms in total. The van der Waals surface area contributed by atoms with E-state index in [9.17, 15) is 13.2 Å². The zero-order valence-electron chi connectivity index (χ0n) is 15.6. The van der Waals surface area contributed by atoms with Crippen LogP contribution < -0.4 is 0 Å². The molecule has 0 aromatic heterocycles. The van der Waals surface area contributed by atoms with Gasteiger partial charge in [-0.15, -0.1) is 0 Å². The Morgan fingerprint density at radius 1 is 0.862 bits per heavy atom. The first kappa shape index (κ1) is 19.4. The number of carbonyl (C=O) groups is 1. The molecule has 4 rings (SSSR count). The lowest BCUT2D eigenvalue weighted by Crippen LogP contribution is -2.36. The summed E-state index contributed by atoms with van der Waals surface area (Å²) in [5.41, 5.74) is 2.26. The van der Waals surface area contributed by atoms with E-state index in [1.807, 2.05) is 55.5 Å². The third kappa shape index (κ3) is 3.83. The summed E-state index contributed by atoms with van der Waals surface area (Å²) < 4.78 is 27.5. The molecule has 1 heterocycles. The van der Waals surface area contributed by atoms with Crippen molar-refractivity contribution in [2.75, 3.05) is 0 Å². The molecule has 3 aromatic carbocycles. The van der Waals surface area contributed by atoms with Crippen LogP contribution in [-0.4, -0.2) is 23.8 Å². The van der Waals surface area contributed by atoms with Gasteiger partial charge >= 0.3 is 0 Å². The fourth-order valence-corrected chi connectivity index (χ4v) is 5.79. The Kier molecular flexibility index (Phi) is 5.25. The number of sulfonamides is 1. The Balaban J connectivity index is 1.82. The van der Waals surface area contributed by atoms with Crippen LogP contribution in [-0.2, 0) is 14.8 Å². The molecule has 1 amide bonds. The first-order valence-electron chi connectivity index (χ1n) is 8.98. The van der Waals surface area contributed by atoms with Gasteiger partial charge in [-0.2, -0.15) is 4.31 Å². The van der Waals surface area contributed by atoms with Gasteiger partial charge in [0.05, 0.1) is 10.6 Å². The minimum Gasteiger partial charge on any atom is -0.272 e. The monoisotopic (exact) mass is 422 g/mol. The number of amidine groups is 1. The van der Waals surface area contributed by atoms with Gasteiger partial charge in [0.1, 0.15) is 5.25 Å². The van der Waals surface area contributed by atoms with Gasteiger partial charge in [-0.05, 0) is 36.8 Å². The van der Waals surface area contributed by atoms with E-state index in [4.69, 9.17) is 0 Å². The average Bonchev–Trinajstić information content (AvgIpc) is 3.06. The Hall–Kier alpha value is -2.90. The molecule has 0 saturated carbocycles. The molecule has 0 unspecified atom stereocenters. The van der Waals surface area contributed by atoms with E-state index in [0.717, 1.165) is 27.2 Å². The maximum absolute atomic E-state index is 13.3. The van der Waals surface area contributed by atoms with Crippen LogP contribution in [0.25, 0.3) is 0 Å². The van der Waals surface area contributed by atoms with Gasteiger partial charge in [0.25, 0.3) is 15.9 Å². The zero-order chi connectivity index (χ0) is 20.4. The third-order valence-corrected chi connectivity index (χ3v) is 7.48. The Bertz CT molecular complexity index is 1160. The lowest BCUT2D eigenvalue weighted by atomic mass is 10.1. The van der Waals surface area contributed by atoms with Crippen LogP contribution in [0.5, 0.6) is 0 Å². The van der Waals surface area contributed by atoms with Gasteiger partial charge in [-0.25, -0.2) is 13.4 Å². The maximum Gasteiger partial charge on any atom is 0.272 e. The highest BCUT2D eigenvalue weighted by Crippen LogP contribution is 2.42. The lowest BCUT2D eigenvalue weighted by molar-refractivity contribution is -0.122. The van der Waals surface area contributed by atoms with Crippen LogP contribution in [0, 0.1) is 6.92 Å². The first-order valence-corrected chi connectivity index (χ1v) is 11.3. The summed E-state index contributed by atoms with van der Waals surface area (Å²) in [6, 6.07) is 24.6. The number of aliphatic imine (C=N–C) groups is 1. The molecule has 1 atom stereocenters. The average molecular weight is 423 g/mol. The molecule has 7 heteroatoms. The number of rotatable bonds is 4. The number of thioether (sulfide) groups is 1. The molecule has 1 saturated heterocycles. The number of para-hydroxylation sites is 1. The molecule has 1 aliphatic heterocycles. The summed E-state index contributed by atoms with van der Waals surface area (Å²) in [5, 5.41) is -0.519. The Morgan fingerprint density at radius 3 is 2.07 bits per heavy atom. The number of hydrogen-bond acceptors (Lipinski definition) is 5. The number of aryl methyl sites for hydroxylation is 1. The number of carbonyl (C=O) groups excluding carboxylic acids is 1. The highest BCUT2D eigenvalue weighted by molar-refractivity contribution is 8.16. The normalized spacial score (nSPS) is 18.4. The zero-order valence-corrected chi connectivity index (χ0v) is 17.2. The molecule has 1 fully saturated rings. The van der Waals surface area contributed by atoms with E-state index in [0.29, 0.717) is 5.69 Å². The predicted molar refractivity (Wildman–Crippen MR) is 116 cm³/mol. The summed E-state index contributed by atoms with van der Waals surface area (Å²) in [6.07, 6.45) is 0. The van der Waals surface area contributed by atoms with Crippen molar-refractivity contribution < 1.29 is 13.2 Å². The topological polar surface area (TPSA) is 66.8 Å². The van der Waals surface area contributed by atoms with Crippen LogP contribution in [0.2, 0.25) is 0 Å². The van der Waals surface area contributed by atoms with Crippen molar-refractivity contribution in [1.82, 2.24) is 4.31 Å². The highest BCUT2D eigenvalue weighted by Gasteiger charge is 2.46. The van der Waals surface area contributed by atoms with Crippen LogP contribution in [0.15, 0.2) is 94.8 Å². The predicted octanol–water partition coefficient (Wildman–Crippen LogP) is 4.69. The molecule has 0 radical (unpaired) electrons. The van der Waals surface area contributed by atoms with Crippen molar-refractivity contribution in [3.05, 3.63) is 96.1 Å². The Morgan fingerprint density at radius 2 is 1.45 bits per heavy atom. The van der Waals surface area contributed by atoms with E-state index in [1.165, 1.54) is 12.1 Å². The van der Waals surface area contributed by atoms with Gasteiger partial charge in [-0.1, -0.05) is 78.0 Å². The highest BCUT2D eigenvalue weighted by atomic mass is 32.2. The van der Waals surface area contributed by atoms with Gasteiger partial charge in [-0.3, -0.25) is 4.79 Å². The molecule has 0 N–H and O–H groups in total. The van der Waals surface area contributed by atoms with Crippen LogP contribution in [0.4, 0.5) is 5.69 Å². The molecule has 0 bridgehead atoms. The van der Waals surface area contributed by atoms with Crippen molar-refractivity contribution in [3.8, 4) is 0 Å². The number of nitrogens with zero attached hydrogens (tertiary/aromatic N) is 2. The van der Waals surface area contributed by atoms with Crippen LogP contribution in [0.3, 0.4) is 0 Å². The summed E-state index contributed by atoms with van der Waals surface area (Å²) in [7, 11) is -4.08. The molecule has 0 aliphatic carbocycles. The van der Waals surface area contributed by atoms with Crippen molar-refractivity contribution in [2.24, 2.45) is 4.99 Å². The smallest absolute Gasteiger partial charge is 0.272 e. The number of amides is 1. The second-order valence-electron chi connectivity index (χ2n) is 6.56. The molecular weight excluding hydrogens is 404 g/mol. The third-order valence-electron chi connectivity index (χ3n) is 4.46. The molecule has 3 aromatic rings. The standard InChI is InChI=1S/C22H18N2O3S2/c1-16-12-14-19(15-13-16)29(26,27)24-21(25)20(17-8-4-2-5-9-17)28-22(24)23-18-10-6-3-7-11-18/h2-15,20H,1H3/t20-/m0/s1. The van der Waals surface area contributed by atoms with Gasteiger partial charge in [0.2, 0.25) is 0 Å². The van der Waals surface area contributed by atoms with Crippen molar-refractivity contribution in [2.45, 2.75) is 17.1 Å². The lowest BCUT2D eigenvalue weighted by Gasteiger charge is -2.17. The summed E-state index contributed by atoms with van der Waals surface area (Å²) in [6.45, 7) is 1.88. The van der Waals surface area contributed by atoms with Crippen molar-refractivity contribution in [3.63, 3.8) is 0 Å². The van der Waals surface area contributed by atoms with Gasteiger partial charge in [0.15, 0.2) is 5.17 Å². The fraction of sp³-hybridized carbons (Fsp3) is 0.0909. The van der Waals surface area contributed by atoms with Crippen LogP contribution >= 0.6 is 11.8 Å². The summed E-state index contributed by atoms with van der Waals surface area (Å²) in [5.74, 6) is -0.517. The SMILES string of the molecule is Cc1ccc(S(=O)(=O)N2C(=O)[C@H](c3ccccc3)SC2=Nc2ccccc2)cc1. The summed E-state index contributed by atoms with van der Waals surface area (Å²) >= 11 is 1.15. The fourth-order valence-electron chi connectivity index (χ4n) is 2.96. The van der Waals surface area contributed by atoms with E-state index < -0.39 is 21.2 Å². The van der Waals surface area contributed by atoms with E-state index in [2.05, 4.69) is 4.99 Å². The molecule has 29 heavy (non-hydrogen) atoms. The van der Waals surface area contributed by atoms with E-state index in [1.54, 1.807) is 24.3 Å². The van der Waals surface area contributed by atoms with Crippen molar-refractivity contribution in [1.29, 1.82) is 0 Å². The molecular formula is C22H18N2O3S2. The quantitative estimate of drug-likeness (QED) is 0.612. The van der Waals surface area contributed by atoms with Crippen molar-refractivity contribution >= 4 is 38.5 Å². The maximum atomic E-state index is 13.3. The second kappa shape index (κ2) is 7.85. The molecule has 146 valence electrons. The second-order valence-corrected chi connectivity index (χ2v) is 9.42. The van der Waals surface area contributed by atoms with Crippen LogP contribution in [0.1, 0.15) is 16.4 Å². The largest absolute Gasteiger partial charge is 0.272 e. The minimum absolute atomic E-state index is 0.0616. The van der Waals surface area contributed by atoms with Gasteiger partial charge in [0, 0.05) is 0 Å². The Labute approximate surface area is 174 Å². The molecule has 0 spiro atoms. The number of hydrogen-bond donors (Lipinski definition) is 0. The van der Waals surface area contributed by atoms with E-state index in [-0.39, 0.29) is 10.1 Å².